The molecule has 0 aliphatic carbocycles. The van der Waals surface area contributed by atoms with Crippen molar-refractivity contribution in [3.63, 3.8) is 0 Å². The van der Waals surface area contributed by atoms with Crippen molar-refractivity contribution in [2.75, 3.05) is 5.32 Å². The second kappa shape index (κ2) is 18.4. The summed E-state index contributed by atoms with van der Waals surface area (Å²) in [4.78, 5) is 27.2. The average Bonchev–Trinajstić information content (AvgIpc) is 3.53. The number of phenolic OH excluding ortho intramolecular Hbond substituents is 2. The van der Waals surface area contributed by atoms with Crippen LogP contribution in [0.1, 0.15) is 66.2 Å². The van der Waals surface area contributed by atoms with Crippen molar-refractivity contribution in [3.8, 4) is 39.6 Å². The number of rotatable bonds is 15. The van der Waals surface area contributed by atoms with Crippen LogP contribution in [0.5, 0.6) is 17.2 Å². The Balaban J connectivity index is 1.21. The number of halogens is 1. The first-order valence-corrected chi connectivity index (χ1v) is 18.8. The van der Waals surface area contributed by atoms with Crippen molar-refractivity contribution >= 4 is 29.7 Å². The normalized spacial score (nSPS) is 12.5. The molecule has 2 atom stereocenters. The molecule has 57 heavy (non-hydrogen) atoms. The van der Waals surface area contributed by atoms with E-state index in [2.05, 4.69) is 5.32 Å². The zero-order valence-corrected chi connectivity index (χ0v) is 31.7. The maximum absolute atomic E-state index is 14.3. The molecule has 9 nitrogen and oxygen atoms in total. The summed E-state index contributed by atoms with van der Waals surface area (Å²) >= 11 is 0. The molecule has 5 N–H and O–H groups in total. The van der Waals surface area contributed by atoms with Gasteiger partial charge in [0.15, 0.2) is 0 Å². The molecule has 0 radical (unpaired) electrons. The van der Waals surface area contributed by atoms with Gasteiger partial charge < -0.3 is 35.0 Å². The van der Waals surface area contributed by atoms with Crippen LogP contribution in [0.25, 0.3) is 34.5 Å². The van der Waals surface area contributed by atoms with Crippen LogP contribution >= 0.6 is 0 Å². The zero-order valence-electron chi connectivity index (χ0n) is 31.7. The molecule has 292 valence electrons. The zero-order chi connectivity index (χ0) is 40.5. The number of amides is 1. The molecule has 0 bridgehead atoms. The largest absolute Gasteiger partial charge is 0.508 e. The molecule has 0 fully saturated rings. The molecule has 0 saturated heterocycles. The van der Waals surface area contributed by atoms with Gasteiger partial charge in [0.25, 0.3) is 5.91 Å². The predicted octanol–water partition coefficient (Wildman–Crippen LogP) is 9.42. The minimum atomic E-state index is -1.24. The molecule has 6 rings (SSSR count). The highest BCUT2D eigenvalue weighted by Crippen LogP contribution is 2.43. The fraction of sp³-hybridized carbons (Fsp3) is 0.191. The molecule has 10 heteroatoms. The molecule has 0 aliphatic heterocycles. The molecule has 1 amide bonds. The SMILES string of the molecule is CC(C)c1c(C(=O)Nc2ccccc2)c(-c2ccccc2)c(-c2ccc(F)cc2)n1CC[C@@H](O)C[C@@H](O)CC(=O)Oc1cc(O)cc(C=Cc2ccc(O)cc2)c1. The van der Waals surface area contributed by atoms with Gasteiger partial charge in [-0.25, -0.2) is 4.39 Å². The number of carbonyl (C=O) groups excluding carboxylic acids is 2. The summed E-state index contributed by atoms with van der Waals surface area (Å²) in [6, 6.07) is 35.7. The quantitative estimate of drug-likeness (QED) is 0.0398. The summed E-state index contributed by atoms with van der Waals surface area (Å²) in [7, 11) is 0. The van der Waals surface area contributed by atoms with Crippen LogP contribution in [0.3, 0.4) is 0 Å². The van der Waals surface area contributed by atoms with Crippen molar-refractivity contribution in [3.05, 3.63) is 156 Å². The number of esters is 1. The number of aliphatic hydroxyl groups excluding tert-OH is 2. The number of aromatic hydroxyl groups is 2. The number of benzene rings is 5. The number of aliphatic hydroxyl groups is 2. The van der Waals surface area contributed by atoms with Crippen LogP contribution in [-0.4, -0.2) is 49.1 Å². The van der Waals surface area contributed by atoms with Crippen molar-refractivity contribution in [1.29, 1.82) is 0 Å². The van der Waals surface area contributed by atoms with Crippen LogP contribution in [-0.2, 0) is 11.3 Å². The Morgan fingerprint density at radius 3 is 2.07 bits per heavy atom. The van der Waals surface area contributed by atoms with Gasteiger partial charge >= 0.3 is 5.97 Å². The van der Waals surface area contributed by atoms with E-state index in [1.54, 1.807) is 54.6 Å². The first-order valence-electron chi connectivity index (χ1n) is 18.8. The molecule has 1 aromatic heterocycles. The molecular weight excluding hydrogens is 724 g/mol. The molecule has 0 aliphatic rings. The van der Waals surface area contributed by atoms with E-state index < -0.39 is 30.4 Å². The van der Waals surface area contributed by atoms with E-state index in [1.807, 2.05) is 79.1 Å². The van der Waals surface area contributed by atoms with Gasteiger partial charge in [0.1, 0.15) is 23.1 Å². The first-order chi connectivity index (χ1) is 27.4. The lowest BCUT2D eigenvalue weighted by molar-refractivity contribution is -0.136. The highest BCUT2D eigenvalue weighted by molar-refractivity contribution is 6.12. The lowest BCUT2D eigenvalue weighted by atomic mass is 9.94. The second-order valence-electron chi connectivity index (χ2n) is 14.2. The Kier molecular flexibility index (Phi) is 13.0. The Morgan fingerprint density at radius 1 is 0.754 bits per heavy atom. The van der Waals surface area contributed by atoms with E-state index >= 15 is 0 Å². The highest BCUT2D eigenvalue weighted by Gasteiger charge is 2.31. The molecular formula is C47H45FN2O7. The Labute approximate surface area is 331 Å². The summed E-state index contributed by atoms with van der Waals surface area (Å²) in [5, 5.41) is 44.9. The maximum atomic E-state index is 14.3. The van der Waals surface area contributed by atoms with E-state index in [0.717, 1.165) is 16.8 Å². The number of anilines is 1. The Morgan fingerprint density at radius 2 is 1.40 bits per heavy atom. The van der Waals surface area contributed by atoms with E-state index in [0.29, 0.717) is 33.6 Å². The van der Waals surface area contributed by atoms with Crippen molar-refractivity contribution in [1.82, 2.24) is 4.57 Å². The highest BCUT2D eigenvalue weighted by atomic mass is 19.1. The first kappa shape index (κ1) is 40.2. The van der Waals surface area contributed by atoms with Gasteiger partial charge in [0, 0.05) is 29.6 Å². The van der Waals surface area contributed by atoms with Crippen LogP contribution in [0.15, 0.2) is 127 Å². The standard InChI is InChI=1S/C47H45FN2O7/c1-30(2)45-44(47(56)49-36-11-7-4-8-12-36)43(33-9-5-3-6-10-33)46(34-17-19-35(48)20-18-34)50(45)24-23-38(52)27-40(54)29-42(55)57-41-26-32(25-39(53)28-41)14-13-31-15-21-37(51)22-16-31/h3-22,25-26,28,30,38,40,51-54H,23-24,27,29H2,1-2H3,(H,49,56)/t38-,40-/m1/s1. The summed E-state index contributed by atoms with van der Waals surface area (Å²) in [5.74, 6) is -1.52. The summed E-state index contributed by atoms with van der Waals surface area (Å²) in [6.07, 6.45) is 0.821. The third-order valence-electron chi connectivity index (χ3n) is 9.43. The lowest BCUT2D eigenvalue weighted by Crippen LogP contribution is -2.24. The van der Waals surface area contributed by atoms with E-state index in [4.69, 9.17) is 4.74 Å². The number of aromatic nitrogens is 1. The van der Waals surface area contributed by atoms with Crippen LogP contribution in [0.2, 0.25) is 0 Å². The number of phenols is 2. The smallest absolute Gasteiger partial charge is 0.313 e. The van der Waals surface area contributed by atoms with Gasteiger partial charge in [0.05, 0.1) is 29.9 Å². The number of hydrogen-bond acceptors (Lipinski definition) is 7. The van der Waals surface area contributed by atoms with Gasteiger partial charge in [-0.1, -0.05) is 86.7 Å². The monoisotopic (exact) mass is 768 g/mol. The molecule has 1 heterocycles. The number of nitrogens with one attached hydrogen (secondary N) is 1. The number of ether oxygens (including phenoxy) is 1. The number of hydrogen-bond donors (Lipinski definition) is 5. The van der Waals surface area contributed by atoms with E-state index in [1.165, 1.54) is 24.3 Å². The summed E-state index contributed by atoms with van der Waals surface area (Å²) in [5.41, 5.74) is 6.00. The fourth-order valence-corrected chi connectivity index (χ4v) is 6.91. The molecule has 0 unspecified atom stereocenters. The van der Waals surface area contributed by atoms with Gasteiger partial charge in [-0.15, -0.1) is 0 Å². The van der Waals surface area contributed by atoms with Gasteiger partial charge in [0.2, 0.25) is 0 Å². The van der Waals surface area contributed by atoms with Crippen LogP contribution in [0, 0.1) is 5.82 Å². The van der Waals surface area contributed by atoms with Gasteiger partial charge in [-0.2, -0.15) is 0 Å². The third kappa shape index (κ3) is 10.4. The number of para-hydroxylation sites is 1. The molecule has 0 saturated carbocycles. The third-order valence-corrected chi connectivity index (χ3v) is 9.43. The van der Waals surface area contributed by atoms with Gasteiger partial charge in [-0.3, -0.25) is 9.59 Å². The molecule has 0 spiro atoms. The summed E-state index contributed by atoms with van der Waals surface area (Å²) < 4.78 is 21.7. The van der Waals surface area contributed by atoms with Crippen molar-refractivity contribution in [2.45, 2.75) is 57.8 Å². The lowest BCUT2D eigenvalue weighted by Gasteiger charge is -2.20. The van der Waals surface area contributed by atoms with Crippen LogP contribution < -0.4 is 10.1 Å². The second-order valence-corrected chi connectivity index (χ2v) is 14.2. The van der Waals surface area contributed by atoms with Gasteiger partial charge in [-0.05, 0) is 102 Å². The molecule has 6 aromatic rings. The summed E-state index contributed by atoms with van der Waals surface area (Å²) in [6.45, 7) is 4.21. The predicted molar refractivity (Wildman–Crippen MR) is 220 cm³/mol. The number of carbonyl (C=O) groups is 2. The van der Waals surface area contributed by atoms with E-state index in [-0.39, 0.29) is 48.5 Å². The van der Waals surface area contributed by atoms with E-state index in [9.17, 15) is 34.4 Å². The van der Waals surface area contributed by atoms with Crippen molar-refractivity contribution < 1.29 is 39.1 Å². The number of nitrogens with zero attached hydrogens (tertiary/aromatic N) is 1. The minimum Gasteiger partial charge on any atom is -0.508 e. The fourth-order valence-electron chi connectivity index (χ4n) is 6.91. The molecule has 5 aromatic carbocycles. The Bertz CT molecular complexity index is 2320. The minimum absolute atomic E-state index is 0.0848. The topological polar surface area (TPSA) is 141 Å². The van der Waals surface area contributed by atoms with Crippen LogP contribution in [0.4, 0.5) is 10.1 Å². The average molecular weight is 769 g/mol. The Hall–Kier alpha value is -6.49. The maximum Gasteiger partial charge on any atom is 0.313 e. The van der Waals surface area contributed by atoms with Crippen molar-refractivity contribution in [2.24, 2.45) is 0 Å².